The lowest BCUT2D eigenvalue weighted by Crippen LogP contribution is -2.02. The van der Waals surface area contributed by atoms with Crippen molar-refractivity contribution in [2.24, 2.45) is 5.92 Å². The molecule has 2 rings (SSSR count). The predicted molar refractivity (Wildman–Crippen MR) is 66.0 cm³/mol. The molecule has 0 spiro atoms. The third-order valence-corrected chi connectivity index (χ3v) is 3.08. The topological polar surface area (TPSA) is 38.0 Å². The van der Waals surface area contributed by atoms with Crippen molar-refractivity contribution in [3.63, 3.8) is 0 Å². The summed E-state index contributed by atoms with van der Waals surface area (Å²) < 4.78 is 0. The first-order chi connectivity index (χ1) is 7.25. The number of hydrogen-bond acceptors (Lipinski definition) is 2. The van der Waals surface area contributed by atoms with Gasteiger partial charge in [0.25, 0.3) is 0 Å². The van der Waals surface area contributed by atoms with Gasteiger partial charge in [-0.2, -0.15) is 0 Å². The van der Waals surface area contributed by atoms with Gasteiger partial charge in [-0.1, -0.05) is 12.8 Å². The first kappa shape index (κ1) is 10.3. The van der Waals surface area contributed by atoms with E-state index in [4.69, 9.17) is 5.73 Å². The zero-order valence-corrected chi connectivity index (χ0v) is 9.42. The summed E-state index contributed by atoms with van der Waals surface area (Å²) in [5.41, 5.74) is 8.98. The summed E-state index contributed by atoms with van der Waals surface area (Å²) in [6.07, 6.45) is 5.59. The fraction of sp³-hybridized carbons (Fsp3) is 0.538. The highest BCUT2D eigenvalue weighted by Crippen LogP contribution is 2.33. The third kappa shape index (κ3) is 3.15. The minimum absolute atomic E-state index is 0.874. The summed E-state index contributed by atoms with van der Waals surface area (Å²) in [7, 11) is 0. The monoisotopic (exact) mass is 204 g/mol. The van der Waals surface area contributed by atoms with Crippen LogP contribution in [-0.2, 0) is 0 Å². The lowest BCUT2D eigenvalue weighted by atomic mass is 10.1. The van der Waals surface area contributed by atoms with Crippen LogP contribution in [0.3, 0.4) is 0 Å². The van der Waals surface area contributed by atoms with Gasteiger partial charge in [0, 0.05) is 17.9 Å². The van der Waals surface area contributed by atoms with Crippen LogP contribution in [0.1, 0.15) is 31.2 Å². The van der Waals surface area contributed by atoms with Gasteiger partial charge in [0.2, 0.25) is 0 Å². The molecule has 0 radical (unpaired) electrons. The highest BCUT2D eigenvalue weighted by Gasteiger charge is 2.19. The van der Waals surface area contributed by atoms with Gasteiger partial charge in [0.05, 0.1) is 0 Å². The summed E-state index contributed by atoms with van der Waals surface area (Å²) in [5.74, 6) is 1.04. The van der Waals surface area contributed by atoms with Gasteiger partial charge in [-0.15, -0.1) is 0 Å². The van der Waals surface area contributed by atoms with E-state index in [0.717, 1.165) is 23.7 Å². The van der Waals surface area contributed by atoms with E-state index in [9.17, 15) is 0 Å². The molecule has 1 aliphatic rings. The minimum atomic E-state index is 0.874. The van der Waals surface area contributed by atoms with Crippen LogP contribution in [0.15, 0.2) is 18.2 Å². The lowest BCUT2D eigenvalue weighted by molar-refractivity contribution is 0.687. The van der Waals surface area contributed by atoms with Crippen LogP contribution in [0.5, 0.6) is 0 Å². The quantitative estimate of drug-likeness (QED) is 0.571. The molecule has 1 aliphatic carbocycles. The number of benzene rings is 1. The zero-order valence-electron chi connectivity index (χ0n) is 9.42. The Balaban J connectivity index is 1.74. The van der Waals surface area contributed by atoms with E-state index in [0.29, 0.717) is 0 Å². The van der Waals surface area contributed by atoms with Crippen molar-refractivity contribution in [2.75, 3.05) is 17.6 Å². The Morgan fingerprint density at radius 1 is 1.40 bits per heavy atom. The third-order valence-electron chi connectivity index (χ3n) is 3.08. The second kappa shape index (κ2) is 4.56. The highest BCUT2D eigenvalue weighted by molar-refractivity contribution is 5.56. The van der Waals surface area contributed by atoms with Crippen molar-refractivity contribution >= 4 is 11.4 Å². The standard InChI is InChI=1S/C13H20N2/c1-10-9-12(6-7-13(10)14)15-8-2-3-11-4-5-11/h6-7,9,11,15H,2-5,8,14H2,1H3. The van der Waals surface area contributed by atoms with Crippen molar-refractivity contribution in [1.82, 2.24) is 0 Å². The van der Waals surface area contributed by atoms with Crippen molar-refractivity contribution in [3.05, 3.63) is 23.8 Å². The van der Waals surface area contributed by atoms with Crippen molar-refractivity contribution in [3.8, 4) is 0 Å². The number of hydrogen-bond donors (Lipinski definition) is 2. The number of anilines is 2. The van der Waals surface area contributed by atoms with Crippen LogP contribution < -0.4 is 11.1 Å². The smallest absolute Gasteiger partial charge is 0.0345 e. The molecule has 3 N–H and O–H groups in total. The first-order valence-electron chi connectivity index (χ1n) is 5.86. The Bertz CT molecular complexity index is 329. The Morgan fingerprint density at radius 3 is 2.87 bits per heavy atom. The molecule has 1 aromatic rings. The van der Waals surface area contributed by atoms with E-state index in [-0.39, 0.29) is 0 Å². The fourth-order valence-electron chi connectivity index (χ4n) is 1.82. The molecule has 1 fully saturated rings. The van der Waals surface area contributed by atoms with Gasteiger partial charge in [0.1, 0.15) is 0 Å². The Kier molecular flexibility index (Phi) is 3.14. The summed E-state index contributed by atoms with van der Waals surface area (Å²) in [5, 5.41) is 3.44. The van der Waals surface area contributed by atoms with E-state index in [1.807, 2.05) is 13.0 Å². The average molecular weight is 204 g/mol. The van der Waals surface area contributed by atoms with Gasteiger partial charge in [-0.3, -0.25) is 0 Å². The minimum Gasteiger partial charge on any atom is -0.399 e. The van der Waals surface area contributed by atoms with Crippen LogP contribution in [0, 0.1) is 12.8 Å². The molecule has 0 aromatic heterocycles. The molecule has 0 bridgehead atoms. The van der Waals surface area contributed by atoms with Crippen LogP contribution in [0.4, 0.5) is 11.4 Å². The molecule has 82 valence electrons. The number of aryl methyl sites for hydroxylation is 1. The molecule has 0 amide bonds. The number of nitrogens with one attached hydrogen (secondary N) is 1. The zero-order chi connectivity index (χ0) is 10.7. The Labute approximate surface area is 91.9 Å². The maximum absolute atomic E-state index is 5.76. The largest absolute Gasteiger partial charge is 0.399 e. The Hall–Kier alpha value is -1.18. The summed E-state index contributed by atoms with van der Waals surface area (Å²) in [4.78, 5) is 0. The van der Waals surface area contributed by atoms with Gasteiger partial charge in [0.15, 0.2) is 0 Å². The highest BCUT2D eigenvalue weighted by atomic mass is 14.9. The molecule has 0 atom stereocenters. The van der Waals surface area contributed by atoms with E-state index in [1.54, 1.807) is 0 Å². The van der Waals surface area contributed by atoms with E-state index < -0.39 is 0 Å². The normalized spacial score (nSPS) is 15.3. The van der Waals surface area contributed by atoms with E-state index in [2.05, 4.69) is 17.4 Å². The summed E-state index contributed by atoms with van der Waals surface area (Å²) in [6, 6.07) is 6.14. The number of nitrogens with two attached hydrogens (primary N) is 1. The SMILES string of the molecule is Cc1cc(NCCCC2CC2)ccc1N. The molecule has 2 nitrogen and oxygen atoms in total. The molecule has 2 heteroatoms. The van der Waals surface area contributed by atoms with Gasteiger partial charge < -0.3 is 11.1 Å². The van der Waals surface area contributed by atoms with E-state index in [1.165, 1.54) is 31.4 Å². The predicted octanol–water partition coefficient (Wildman–Crippen LogP) is 3.18. The fourth-order valence-corrected chi connectivity index (χ4v) is 1.82. The van der Waals surface area contributed by atoms with Crippen molar-refractivity contribution < 1.29 is 0 Å². The van der Waals surface area contributed by atoms with Crippen molar-refractivity contribution in [1.29, 1.82) is 0 Å². The molecule has 0 aliphatic heterocycles. The van der Waals surface area contributed by atoms with Gasteiger partial charge in [-0.05, 0) is 49.4 Å². The van der Waals surface area contributed by atoms with Gasteiger partial charge >= 0.3 is 0 Å². The lowest BCUT2D eigenvalue weighted by Gasteiger charge is -2.08. The number of nitrogen functional groups attached to an aromatic ring is 1. The number of rotatable bonds is 5. The van der Waals surface area contributed by atoms with Crippen LogP contribution in [0.2, 0.25) is 0 Å². The molecule has 1 saturated carbocycles. The second-order valence-corrected chi connectivity index (χ2v) is 4.58. The molecular formula is C13H20N2. The van der Waals surface area contributed by atoms with Gasteiger partial charge in [-0.25, -0.2) is 0 Å². The molecule has 0 saturated heterocycles. The maximum Gasteiger partial charge on any atom is 0.0345 e. The molecular weight excluding hydrogens is 184 g/mol. The maximum atomic E-state index is 5.76. The first-order valence-corrected chi connectivity index (χ1v) is 5.86. The second-order valence-electron chi connectivity index (χ2n) is 4.58. The summed E-state index contributed by atoms with van der Waals surface area (Å²) >= 11 is 0. The Morgan fingerprint density at radius 2 is 2.20 bits per heavy atom. The van der Waals surface area contributed by atoms with E-state index >= 15 is 0 Å². The molecule has 15 heavy (non-hydrogen) atoms. The van der Waals surface area contributed by atoms with Crippen LogP contribution >= 0.6 is 0 Å². The van der Waals surface area contributed by atoms with Crippen LogP contribution in [0.25, 0.3) is 0 Å². The average Bonchev–Trinajstić information content (AvgIpc) is 3.02. The van der Waals surface area contributed by atoms with Crippen LogP contribution in [-0.4, -0.2) is 6.54 Å². The molecule has 0 heterocycles. The van der Waals surface area contributed by atoms with Crippen molar-refractivity contribution in [2.45, 2.75) is 32.6 Å². The molecule has 1 aromatic carbocycles. The summed E-state index contributed by atoms with van der Waals surface area (Å²) in [6.45, 7) is 3.13. The molecule has 0 unspecified atom stereocenters.